The zero-order valence-corrected chi connectivity index (χ0v) is 18.7. The number of carbonyl (C=O) groups is 1. The van der Waals surface area contributed by atoms with Crippen LogP contribution in [0.3, 0.4) is 0 Å². The molecule has 1 aromatic rings. The molecule has 0 aliphatic heterocycles. The van der Waals surface area contributed by atoms with E-state index in [1.807, 2.05) is 0 Å². The summed E-state index contributed by atoms with van der Waals surface area (Å²) >= 11 is 0. The number of nitrogens with one attached hydrogen (secondary N) is 3. The maximum atomic E-state index is 12.3. The van der Waals surface area contributed by atoms with Gasteiger partial charge in [0.1, 0.15) is 5.82 Å². The van der Waals surface area contributed by atoms with Crippen LogP contribution in [-0.2, 0) is 12.8 Å². The molecule has 30 heavy (non-hydrogen) atoms. The summed E-state index contributed by atoms with van der Waals surface area (Å²) in [5.41, 5.74) is 2.55. The van der Waals surface area contributed by atoms with Crippen molar-refractivity contribution >= 4 is 17.8 Å². The number of urea groups is 1. The second kappa shape index (κ2) is 9.84. The topological polar surface area (TPSA) is 82.2 Å². The molecule has 0 aromatic carbocycles. The molecule has 1 aromatic heterocycles. The fraction of sp³-hybridized carbons (Fsp3) is 0.783. The lowest BCUT2D eigenvalue weighted by molar-refractivity contribution is 0.224. The van der Waals surface area contributed by atoms with Crippen molar-refractivity contribution in [1.29, 1.82) is 0 Å². The molecule has 2 amide bonds. The van der Waals surface area contributed by atoms with Crippen LogP contribution in [-0.4, -0.2) is 48.2 Å². The molecule has 1 heterocycles. The molecule has 166 valence electrons. The molecule has 3 aliphatic rings. The number of amides is 2. The van der Waals surface area contributed by atoms with Gasteiger partial charge in [0.15, 0.2) is 0 Å². The Bertz CT molecular complexity index is 723. The highest BCUT2D eigenvalue weighted by Crippen LogP contribution is 2.29. The lowest BCUT2D eigenvalue weighted by Gasteiger charge is -2.31. The molecule has 2 fully saturated rings. The van der Waals surface area contributed by atoms with E-state index in [1.54, 1.807) is 0 Å². The van der Waals surface area contributed by atoms with Crippen LogP contribution in [0, 0.1) is 0 Å². The lowest BCUT2D eigenvalue weighted by Crippen LogP contribution is -2.48. The molecule has 0 unspecified atom stereocenters. The molecule has 7 heteroatoms. The molecule has 4 rings (SSSR count). The van der Waals surface area contributed by atoms with Crippen molar-refractivity contribution in [2.45, 2.75) is 102 Å². The van der Waals surface area contributed by atoms with Gasteiger partial charge >= 0.3 is 6.03 Å². The first-order chi connectivity index (χ1) is 14.6. The smallest absolute Gasteiger partial charge is 0.315 e. The van der Waals surface area contributed by atoms with Crippen molar-refractivity contribution in [3.05, 3.63) is 11.3 Å². The van der Waals surface area contributed by atoms with Gasteiger partial charge in [0.2, 0.25) is 5.95 Å². The number of hydrogen-bond acceptors (Lipinski definition) is 5. The molecule has 7 nitrogen and oxygen atoms in total. The Labute approximate surface area is 180 Å². The van der Waals surface area contributed by atoms with Crippen LogP contribution in [0.1, 0.15) is 81.9 Å². The van der Waals surface area contributed by atoms with E-state index in [0.29, 0.717) is 12.1 Å². The molecule has 0 saturated heterocycles. The lowest BCUT2D eigenvalue weighted by atomic mass is 9.91. The summed E-state index contributed by atoms with van der Waals surface area (Å²) in [6.07, 6.45) is 14.7. The molecule has 0 atom stereocenters. The van der Waals surface area contributed by atoms with E-state index >= 15 is 0 Å². The number of hydrogen-bond donors (Lipinski definition) is 3. The minimum absolute atomic E-state index is 0.0203. The van der Waals surface area contributed by atoms with Crippen LogP contribution in [0.5, 0.6) is 0 Å². The van der Waals surface area contributed by atoms with Gasteiger partial charge in [-0.3, -0.25) is 0 Å². The first-order valence-corrected chi connectivity index (χ1v) is 12.0. The quantitative estimate of drug-likeness (QED) is 0.683. The van der Waals surface area contributed by atoms with Gasteiger partial charge in [-0.25, -0.2) is 9.78 Å². The number of nitrogens with zero attached hydrogens (tertiary/aromatic N) is 3. The minimum Gasteiger partial charge on any atom is -0.362 e. The van der Waals surface area contributed by atoms with Gasteiger partial charge in [0.05, 0.1) is 5.69 Å². The fourth-order valence-corrected chi connectivity index (χ4v) is 5.23. The van der Waals surface area contributed by atoms with Gasteiger partial charge in [-0.15, -0.1) is 0 Å². The van der Waals surface area contributed by atoms with Crippen LogP contribution in [0.4, 0.5) is 16.6 Å². The third-order valence-corrected chi connectivity index (χ3v) is 6.92. The van der Waals surface area contributed by atoms with Gasteiger partial charge in [-0.1, -0.05) is 19.3 Å². The van der Waals surface area contributed by atoms with E-state index in [1.165, 1.54) is 43.4 Å². The summed E-state index contributed by atoms with van der Waals surface area (Å²) in [6, 6.07) is 1.03. The number of carbonyl (C=O) groups excluding carboxylic acids is 1. The normalized spacial score (nSPS) is 24.6. The Hall–Kier alpha value is -2.05. The maximum absolute atomic E-state index is 12.3. The molecule has 2 saturated carbocycles. The van der Waals surface area contributed by atoms with Crippen molar-refractivity contribution in [1.82, 2.24) is 20.6 Å². The predicted octanol–water partition coefficient (Wildman–Crippen LogP) is 3.78. The number of rotatable bonds is 5. The van der Waals surface area contributed by atoms with Crippen molar-refractivity contribution in [2.24, 2.45) is 0 Å². The van der Waals surface area contributed by atoms with E-state index in [4.69, 9.17) is 9.97 Å². The average molecular weight is 415 g/mol. The van der Waals surface area contributed by atoms with Crippen molar-refractivity contribution < 1.29 is 4.79 Å². The fourth-order valence-electron chi connectivity index (χ4n) is 5.23. The first kappa shape index (κ1) is 21.2. The van der Waals surface area contributed by atoms with Gasteiger partial charge in [0, 0.05) is 37.8 Å². The zero-order valence-electron chi connectivity index (χ0n) is 18.7. The Morgan fingerprint density at radius 3 is 2.13 bits per heavy atom. The van der Waals surface area contributed by atoms with Gasteiger partial charge in [0.25, 0.3) is 0 Å². The van der Waals surface area contributed by atoms with Gasteiger partial charge in [-0.05, 0) is 64.2 Å². The molecule has 3 N–H and O–H groups in total. The van der Waals surface area contributed by atoms with Crippen molar-refractivity contribution in [3.63, 3.8) is 0 Å². The van der Waals surface area contributed by atoms with Crippen LogP contribution in [0.2, 0.25) is 0 Å². The van der Waals surface area contributed by atoms with Crippen molar-refractivity contribution in [3.8, 4) is 0 Å². The Morgan fingerprint density at radius 1 is 0.800 bits per heavy atom. The Kier molecular flexibility index (Phi) is 6.95. The summed E-state index contributed by atoms with van der Waals surface area (Å²) in [7, 11) is 4.13. The number of aromatic nitrogens is 2. The number of fused-ring (bicyclic) bond motifs is 1. The second-order valence-electron chi connectivity index (χ2n) is 9.54. The third-order valence-electron chi connectivity index (χ3n) is 6.92. The molecule has 0 radical (unpaired) electrons. The molecular weight excluding hydrogens is 376 g/mol. The Morgan fingerprint density at radius 2 is 1.43 bits per heavy atom. The SMILES string of the molecule is CN(C)c1nc(N[C@H]2CC[C@@H](NC(=O)NC3CCCCC3)CC2)nc2c1CCCC2. The van der Waals surface area contributed by atoms with Crippen LogP contribution < -0.4 is 20.9 Å². The van der Waals surface area contributed by atoms with E-state index in [9.17, 15) is 4.79 Å². The molecular formula is C23H38N6O. The summed E-state index contributed by atoms with van der Waals surface area (Å²) in [6.45, 7) is 0. The van der Waals surface area contributed by atoms with E-state index in [2.05, 4.69) is 34.9 Å². The highest BCUT2D eigenvalue weighted by atomic mass is 16.2. The zero-order chi connectivity index (χ0) is 20.9. The van der Waals surface area contributed by atoms with E-state index in [0.717, 1.165) is 63.1 Å². The van der Waals surface area contributed by atoms with Crippen LogP contribution in [0.15, 0.2) is 0 Å². The minimum atomic E-state index is 0.0203. The highest BCUT2D eigenvalue weighted by molar-refractivity contribution is 5.74. The van der Waals surface area contributed by atoms with Crippen LogP contribution >= 0.6 is 0 Å². The van der Waals surface area contributed by atoms with Gasteiger partial charge in [-0.2, -0.15) is 4.98 Å². The van der Waals surface area contributed by atoms with E-state index < -0.39 is 0 Å². The number of anilines is 2. The largest absolute Gasteiger partial charge is 0.362 e. The van der Waals surface area contributed by atoms with Gasteiger partial charge < -0.3 is 20.9 Å². The number of aryl methyl sites for hydroxylation is 1. The molecule has 3 aliphatic carbocycles. The molecule has 0 spiro atoms. The summed E-state index contributed by atoms with van der Waals surface area (Å²) in [5.74, 6) is 1.84. The second-order valence-corrected chi connectivity index (χ2v) is 9.54. The summed E-state index contributed by atoms with van der Waals surface area (Å²) < 4.78 is 0. The van der Waals surface area contributed by atoms with Crippen LogP contribution in [0.25, 0.3) is 0 Å². The summed E-state index contributed by atoms with van der Waals surface area (Å²) in [4.78, 5) is 24.1. The molecule has 0 bridgehead atoms. The van der Waals surface area contributed by atoms with E-state index in [-0.39, 0.29) is 12.1 Å². The van der Waals surface area contributed by atoms with Crippen molar-refractivity contribution in [2.75, 3.05) is 24.3 Å². The standard InChI is InChI=1S/C23H38N6O/c1-29(2)21-19-10-6-7-11-20(19)27-22(28-21)24-17-12-14-18(15-13-17)26-23(30)25-16-8-4-3-5-9-16/h16-18H,3-15H2,1-2H3,(H,24,27,28)(H2,25,26,30)/t17-,18+. The summed E-state index contributed by atoms with van der Waals surface area (Å²) in [5, 5.41) is 9.96. The predicted molar refractivity (Wildman–Crippen MR) is 121 cm³/mol. The highest BCUT2D eigenvalue weighted by Gasteiger charge is 2.25. The Balaban J connectivity index is 1.27. The average Bonchev–Trinajstić information content (AvgIpc) is 2.75. The first-order valence-electron chi connectivity index (χ1n) is 12.0. The monoisotopic (exact) mass is 414 g/mol. The third kappa shape index (κ3) is 5.35. The maximum Gasteiger partial charge on any atom is 0.315 e.